The topological polar surface area (TPSA) is 23.6 Å². The number of rotatable bonds is 1. The highest BCUT2D eigenvalue weighted by atomic mass is 16.2. The van der Waals surface area contributed by atoms with Crippen molar-refractivity contribution in [2.24, 2.45) is 16.7 Å². The molecule has 3 fully saturated rings. The molecule has 0 aromatic rings. The molecule has 1 amide bonds. The van der Waals surface area contributed by atoms with Gasteiger partial charge in [0.05, 0.1) is 0 Å². The van der Waals surface area contributed by atoms with E-state index in [0.717, 1.165) is 13.0 Å². The predicted octanol–water partition coefficient (Wildman–Crippen LogP) is 2.37. The van der Waals surface area contributed by atoms with Crippen LogP contribution < -0.4 is 0 Å². The van der Waals surface area contributed by atoms with Crippen LogP contribution in [0.2, 0.25) is 0 Å². The van der Waals surface area contributed by atoms with Crippen LogP contribution in [-0.4, -0.2) is 48.4 Å². The first-order valence-corrected chi connectivity index (χ1v) is 7.68. The third-order valence-electron chi connectivity index (χ3n) is 6.10. The zero-order valence-electron chi connectivity index (χ0n) is 13.1. The molecule has 0 aromatic carbocycles. The number of carbonyl (C=O) groups excluding carboxylic acids is 1. The molecule has 2 aliphatic heterocycles. The molecule has 0 radical (unpaired) electrons. The van der Waals surface area contributed by atoms with Gasteiger partial charge in [-0.2, -0.15) is 0 Å². The van der Waals surface area contributed by atoms with Gasteiger partial charge in [0.2, 0.25) is 5.91 Å². The average Bonchev–Trinajstić information content (AvgIpc) is 2.59. The molecule has 3 atom stereocenters. The molecule has 19 heavy (non-hydrogen) atoms. The van der Waals surface area contributed by atoms with E-state index in [9.17, 15) is 4.79 Å². The van der Waals surface area contributed by atoms with Crippen LogP contribution >= 0.6 is 0 Å². The maximum absolute atomic E-state index is 12.2. The van der Waals surface area contributed by atoms with Gasteiger partial charge in [-0.25, -0.2) is 0 Å². The maximum atomic E-state index is 12.2. The molecule has 3 nitrogen and oxygen atoms in total. The quantitative estimate of drug-likeness (QED) is 0.726. The smallest absolute Gasteiger partial charge is 0.225 e. The predicted molar refractivity (Wildman–Crippen MR) is 76.8 cm³/mol. The Balaban J connectivity index is 1.83. The first-order valence-electron chi connectivity index (χ1n) is 7.68. The van der Waals surface area contributed by atoms with Gasteiger partial charge < -0.3 is 4.90 Å². The molecule has 1 spiro atoms. The number of nitrogens with zero attached hydrogens (tertiary/aromatic N) is 2. The molecule has 1 saturated carbocycles. The van der Waals surface area contributed by atoms with Gasteiger partial charge in [-0.3, -0.25) is 9.69 Å². The highest BCUT2D eigenvalue weighted by Crippen LogP contribution is 2.67. The van der Waals surface area contributed by atoms with Crippen LogP contribution in [0.4, 0.5) is 0 Å². The molecule has 2 saturated heterocycles. The van der Waals surface area contributed by atoms with E-state index in [1.54, 1.807) is 4.90 Å². The molecule has 3 aliphatic rings. The minimum atomic E-state index is 0.298. The number of fused-ring (bicyclic) bond motifs is 1. The molecular formula is C16H28N2O. The van der Waals surface area contributed by atoms with Crippen LogP contribution in [0.15, 0.2) is 0 Å². The monoisotopic (exact) mass is 264 g/mol. The van der Waals surface area contributed by atoms with Crippen LogP contribution in [0.5, 0.6) is 0 Å². The Kier molecular flexibility index (Phi) is 2.65. The van der Waals surface area contributed by atoms with E-state index in [1.165, 1.54) is 25.8 Å². The molecule has 0 N–H and O–H groups in total. The van der Waals surface area contributed by atoms with Crippen molar-refractivity contribution >= 4 is 5.91 Å². The lowest BCUT2D eigenvalue weighted by Gasteiger charge is -2.44. The van der Waals surface area contributed by atoms with Gasteiger partial charge in [0.15, 0.2) is 0 Å². The van der Waals surface area contributed by atoms with Crippen molar-refractivity contribution in [1.82, 2.24) is 9.80 Å². The maximum Gasteiger partial charge on any atom is 0.225 e. The highest BCUT2D eigenvalue weighted by Gasteiger charge is 2.69. The highest BCUT2D eigenvalue weighted by molar-refractivity contribution is 5.82. The van der Waals surface area contributed by atoms with E-state index in [1.807, 2.05) is 14.1 Å². The van der Waals surface area contributed by atoms with Crippen molar-refractivity contribution in [1.29, 1.82) is 0 Å². The fourth-order valence-electron chi connectivity index (χ4n) is 4.88. The second kappa shape index (κ2) is 3.75. The Morgan fingerprint density at radius 2 is 2.00 bits per heavy atom. The van der Waals surface area contributed by atoms with E-state index in [4.69, 9.17) is 0 Å². The summed E-state index contributed by atoms with van der Waals surface area (Å²) < 4.78 is 0. The summed E-state index contributed by atoms with van der Waals surface area (Å²) in [6, 6.07) is 0. The molecule has 0 bridgehead atoms. The Hall–Kier alpha value is -0.570. The summed E-state index contributed by atoms with van der Waals surface area (Å²) in [5.74, 6) is 0.651. The summed E-state index contributed by atoms with van der Waals surface area (Å²) in [5, 5.41) is 0. The Morgan fingerprint density at radius 3 is 2.53 bits per heavy atom. The Bertz CT molecular complexity index is 411. The van der Waals surface area contributed by atoms with E-state index in [2.05, 4.69) is 25.7 Å². The summed E-state index contributed by atoms with van der Waals surface area (Å²) in [6.07, 6.45) is 5.02. The molecule has 0 aromatic heterocycles. The number of carbonyl (C=O) groups is 1. The van der Waals surface area contributed by atoms with E-state index < -0.39 is 0 Å². The average molecular weight is 264 g/mol. The normalized spacial score (nSPS) is 41.6. The minimum Gasteiger partial charge on any atom is -0.349 e. The number of amides is 1. The van der Waals surface area contributed by atoms with Crippen LogP contribution in [0.1, 0.15) is 46.5 Å². The summed E-state index contributed by atoms with van der Waals surface area (Å²) in [7, 11) is 3.79. The fraction of sp³-hybridized carbons (Fsp3) is 0.938. The summed E-state index contributed by atoms with van der Waals surface area (Å²) >= 11 is 0. The van der Waals surface area contributed by atoms with Crippen molar-refractivity contribution in [2.45, 2.75) is 52.0 Å². The molecule has 3 rings (SSSR count). The van der Waals surface area contributed by atoms with Gasteiger partial charge in [-0.1, -0.05) is 20.8 Å². The lowest BCUT2D eigenvalue weighted by molar-refractivity contribution is -0.130. The standard InChI is InChI=1S/C16H28N2O/c1-14(2,3)16-7-6-8-18(16)11-15(10-16)9-12(15)13(19)17(4)5/h12H,6-11H2,1-5H3. The largest absolute Gasteiger partial charge is 0.349 e. The zero-order chi connectivity index (χ0) is 14.1. The molecule has 3 heteroatoms. The fourth-order valence-corrected chi connectivity index (χ4v) is 4.88. The minimum absolute atomic E-state index is 0.298. The SMILES string of the molecule is CN(C)C(=O)C1CC12CN1CCCC1(C(C)(C)C)C2. The van der Waals surface area contributed by atoms with Gasteiger partial charge >= 0.3 is 0 Å². The van der Waals surface area contributed by atoms with Crippen LogP contribution in [-0.2, 0) is 4.79 Å². The van der Waals surface area contributed by atoms with E-state index >= 15 is 0 Å². The van der Waals surface area contributed by atoms with Crippen LogP contribution in [0.25, 0.3) is 0 Å². The summed E-state index contributed by atoms with van der Waals surface area (Å²) in [4.78, 5) is 16.7. The van der Waals surface area contributed by atoms with Gasteiger partial charge in [0.1, 0.15) is 0 Å². The van der Waals surface area contributed by atoms with Crippen molar-refractivity contribution in [2.75, 3.05) is 27.2 Å². The van der Waals surface area contributed by atoms with Gasteiger partial charge in [-0.05, 0) is 43.1 Å². The summed E-state index contributed by atoms with van der Waals surface area (Å²) in [6.45, 7) is 9.55. The van der Waals surface area contributed by atoms with Crippen molar-refractivity contribution < 1.29 is 4.79 Å². The zero-order valence-corrected chi connectivity index (χ0v) is 13.1. The summed E-state index contributed by atoms with van der Waals surface area (Å²) in [5.41, 5.74) is 0.991. The molecule has 1 aliphatic carbocycles. The Morgan fingerprint density at radius 1 is 1.32 bits per heavy atom. The third-order valence-corrected chi connectivity index (χ3v) is 6.10. The van der Waals surface area contributed by atoms with Crippen molar-refractivity contribution in [3.8, 4) is 0 Å². The molecule has 2 heterocycles. The van der Waals surface area contributed by atoms with Crippen molar-refractivity contribution in [3.05, 3.63) is 0 Å². The van der Waals surface area contributed by atoms with E-state index in [-0.39, 0.29) is 0 Å². The molecule has 3 unspecified atom stereocenters. The third kappa shape index (κ3) is 1.70. The first-order chi connectivity index (χ1) is 8.72. The van der Waals surface area contributed by atoms with Gasteiger partial charge in [0, 0.05) is 32.1 Å². The van der Waals surface area contributed by atoms with E-state index in [0.29, 0.717) is 28.2 Å². The van der Waals surface area contributed by atoms with Crippen molar-refractivity contribution in [3.63, 3.8) is 0 Å². The van der Waals surface area contributed by atoms with Crippen LogP contribution in [0, 0.1) is 16.7 Å². The van der Waals surface area contributed by atoms with Crippen LogP contribution in [0.3, 0.4) is 0 Å². The first kappa shape index (κ1) is 13.4. The number of hydrogen-bond acceptors (Lipinski definition) is 2. The lowest BCUT2D eigenvalue weighted by Crippen LogP contribution is -2.48. The molecular weight excluding hydrogens is 236 g/mol. The van der Waals surface area contributed by atoms with Gasteiger partial charge in [0.25, 0.3) is 0 Å². The number of hydrogen-bond donors (Lipinski definition) is 0. The molecule has 108 valence electrons. The Labute approximate surface area is 117 Å². The second-order valence-corrected chi connectivity index (χ2v) is 8.34. The lowest BCUT2D eigenvalue weighted by atomic mass is 9.69. The van der Waals surface area contributed by atoms with Gasteiger partial charge in [-0.15, -0.1) is 0 Å². The second-order valence-electron chi connectivity index (χ2n) is 8.34.